The van der Waals surface area contributed by atoms with Crippen LogP contribution >= 0.6 is 23.2 Å². The number of carbonyl (C=O) groups excluding carboxylic acids is 2. The van der Waals surface area contributed by atoms with E-state index in [1.165, 1.54) is 6.42 Å². The van der Waals surface area contributed by atoms with Gasteiger partial charge in [0.2, 0.25) is 5.91 Å². The minimum atomic E-state index is -0.608. The SMILES string of the molecule is CC[C@H](C(=O)NC1CCCCC1)N(Cc1ccc(Cl)c(Cl)c1)C(=O)COc1cc(C)cc(C)c1C. The topological polar surface area (TPSA) is 58.6 Å². The average Bonchev–Trinajstić information content (AvgIpc) is 2.83. The van der Waals surface area contributed by atoms with Crippen LogP contribution in [0, 0.1) is 20.8 Å². The molecule has 0 saturated heterocycles. The Morgan fingerprint density at radius 1 is 1.06 bits per heavy atom. The van der Waals surface area contributed by atoms with Crippen molar-refractivity contribution in [2.24, 2.45) is 0 Å². The Morgan fingerprint density at radius 3 is 2.43 bits per heavy atom. The molecule has 0 spiro atoms. The van der Waals surface area contributed by atoms with Crippen LogP contribution in [-0.4, -0.2) is 35.4 Å². The first kappa shape index (κ1) is 27.3. The van der Waals surface area contributed by atoms with Crippen LogP contribution in [0.25, 0.3) is 0 Å². The zero-order chi connectivity index (χ0) is 25.5. The zero-order valence-corrected chi connectivity index (χ0v) is 22.6. The Morgan fingerprint density at radius 2 is 1.77 bits per heavy atom. The summed E-state index contributed by atoms with van der Waals surface area (Å²) in [5.41, 5.74) is 3.99. The Bertz CT molecular complexity index is 1050. The van der Waals surface area contributed by atoms with E-state index < -0.39 is 6.04 Å². The number of hydrogen-bond donors (Lipinski definition) is 1. The van der Waals surface area contributed by atoms with Crippen LogP contribution < -0.4 is 10.1 Å². The lowest BCUT2D eigenvalue weighted by molar-refractivity contribution is -0.143. The highest BCUT2D eigenvalue weighted by atomic mass is 35.5. The lowest BCUT2D eigenvalue weighted by Crippen LogP contribution is -2.52. The normalized spacial score (nSPS) is 14.9. The third kappa shape index (κ3) is 7.37. The van der Waals surface area contributed by atoms with Gasteiger partial charge in [0.15, 0.2) is 6.61 Å². The van der Waals surface area contributed by atoms with E-state index in [1.54, 1.807) is 17.0 Å². The molecule has 3 rings (SSSR count). The number of benzene rings is 2. The molecule has 0 unspecified atom stereocenters. The van der Waals surface area contributed by atoms with Gasteiger partial charge in [-0.1, -0.05) is 61.5 Å². The number of aryl methyl sites for hydroxylation is 2. The van der Waals surface area contributed by atoms with E-state index in [4.69, 9.17) is 27.9 Å². The summed E-state index contributed by atoms with van der Waals surface area (Å²) in [6.45, 7) is 8.01. The maximum absolute atomic E-state index is 13.5. The number of halogens is 2. The van der Waals surface area contributed by atoms with Gasteiger partial charge in [0.25, 0.3) is 5.91 Å². The predicted molar refractivity (Wildman–Crippen MR) is 142 cm³/mol. The summed E-state index contributed by atoms with van der Waals surface area (Å²) in [5, 5.41) is 4.05. The summed E-state index contributed by atoms with van der Waals surface area (Å²) in [6.07, 6.45) is 5.92. The number of hydrogen-bond acceptors (Lipinski definition) is 3. The number of amides is 2. The standard InChI is InChI=1S/C28H36Cl2N2O3/c1-5-25(28(34)31-22-9-7-6-8-10-22)32(16-21-11-12-23(29)24(30)15-21)27(33)17-35-26-14-18(2)13-19(3)20(26)4/h11-15,22,25H,5-10,16-17H2,1-4H3,(H,31,34)/t25-/m1/s1. The molecule has 0 heterocycles. The average molecular weight is 520 g/mol. The molecule has 35 heavy (non-hydrogen) atoms. The lowest BCUT2D eigenvalue weighted by Gasteiger charge is -2.33. The Labute approximate surface area is 219 Å². The van der Waals surface area contributed by atoms with Crippen molar-refractivity contribution in [2.75, 3.05) is 6.61 Å². The van der Waals surface area contributed by atoms with Crippen LogP contribution in [-0.2, 0) is 16.1 Å². The number of ether oxygens (including phenoxy) is 1. The van der Waals surface area contributed by atoms with E-state index in [9.17, 15) is 9.59 Å². The van der Waals surface area contributed by atoms with Crippen LogP contribution in [0.4, 0.5) is 0 Å². The van der Waals surface area contributed by atoms with Gasteiger partial charge >= 0.3 is 0 Å². The largest absolute Gasteiger partial charge is 0.483 e. The summed E-state index contributed by atoms with van der Waals surface area (Å²) >= 11 is 12.3. The molecule has 0 aromatic heterocycles. The molecule has 2 amide bonds. The van der Waals surface area contributed by atoms with Gasteiger partial charge in [0.1, 0.15) is 11.8 Å². The second-order valence-electron chi connectivity index (χ2n) is 9.53. The molecule has 1 N–H and O–H groups in total. The van der Waals surface area contributed by atoms with Crippen molar-refractivity contribution in [3.05, 3.63) is 62.6 Å². The minimum Gasteiger partial charge on any atom is -0.483 e. The molecule has 1 saturated carbocycles. The first-order valence-corrected chi connectivity index (χ1v) is 13.2. The zero-order valence-electron chi connectivity index (χ0n) is 21.1. The molecule has 1 fully saturated rings. The molecule has 1 aliphatic rings. The molecular formula is C28H36Cl2N2O3. The fraction of sp³-hybridized carbons (Fsp3) is 0.500. The molecule has 0 bridgehead atoms. The van der Waals surface area contributed by atoms with Gasteiger partial charge < -0.3 is 15.0 Å². The van der Waals surface area contributed by atoms with Gasteiger partial charge in [-0.05, 0) is 80.5 Å². The number of nitrogens with zero attached hydrogens (tertiary/aromatic N) is 1. The smallest absolute Gasteiger partial charge is 0.261 e. The number of nitrogens with one attached hydrogen (secondary N) is 1. The van der Waals surface area contributed by atoms with Gasteiger partial charge in [-0.15, -0.1) is 0 Å². The molecule has 0 radical (unpaired) electrons. The molecule has 5 nitrogen and oxygen atoms in total. The summed E-state index contributed by atoms with van der Waals surface area (Å²) in [7, 11) is 0. The van der Waals surface area contributed by atoms with Crippen molar-refractivity contribution in [2.45, 2.75) is 84.8 Å². The van der Waals surface area contributed by atoms with E-state index in [0.717, 1.165) is 47.9 Å². The molecule has 7 heteroatoms. The van der Waals surface area contributed by atoms with Crippen molar-refractivity contribution in [1.82, 2.24) is 10.2 Å². The lowest BCUT2D eigenvalue weighted by atomic mass is 9.95. The fourth-order valence-electron chi connectivity index (χ4n) is 4.67. The molecule has 0 aliphatic heterocycles. The highest BCUT2D eigenvalue weighted by molar-refractivity contribution is 6.42. The first-order valence-electron chi connectivity index (χ1n) is 12.4. The highest BCUT2D eigenvalue weighted by Crippen LogP contribution is 2.26. The van der Waals surface area contributed by atoms with E-state index in [1.807, 2.05) is 39.8 Å². The van der Waals surface area contributed by atoms with Crippen molar-refractivity contribution in [1.29, 1.82) is 0 Å². The van der Waals surface area contributed by atoms with Crippen LogP contribution in [0.1, 0.15) is 67.7 Å². The van der Waals surface area contributed by atoms with Crippen LogP contribution in [0.5, 0.6) is 5.75 Å². The second kappa shape index (κ2) is 12.6. The first-order chi connectivity index (χ1) is 16.7. The highest BCUT2D eigenvalue weighted by Gasteiger charge is 2.30. The van der Waals surface area contributed by atoms with Gasteiger partial charge in [-0.2, -0.15) is 0 Å². The van der Waals surface area contributed by atoms with Crippen molar-refractivity contribution >= 4 is 35.0 Å². The predicted octanol–water partition coefficient (Wildman–Crippen LogP) is 6.55. The van der Waals surface area contributed by atoms with Crippen LogP contribution in [0.2, 0.25) is 10.0 Å². The summed E-state index contributed by atoms with van der Waals surface area (Å²) in [6, 6.07) is 8.86. The maximum Gasteiger partial charge on any atom is 0.261 e. The van der Waals surface area contributed by atoms with E-state index in [0.29, 0.717) is 22.2 Å². The van der Waals surface area contributed by atoms with Crippen LogP contribution in [0.3, 0.4) is 0 Å². The van der Waals surface area contributed by atoms with Crippen molar-refractivity contribution in [3.8, 4) is 5.75 Å². The summed E-state index contributed by atoms with van der Waals surface area (Å²) < 4.78 is 5.98. The van der Waals surface area contributed by atoms with Crippen molar-refractivity contribution in [3.63, 3.8) is 0 Å². The molecule has 190 valence electrons. The number of rotatable bonds is 9. The Balaban J connectivity index is 1.81. The fourth-order valence-corrected chi connectivity index (χ4v) is 4.99. The Hall–Kier alpha value is -2.24. The minimum absolute atomic E-state index is 0.115. The molecule has 1 aliphatic carbocycles. The molecule has 2 aromatic carbocycles. The van der Waals surface area contributed by atoms with Gasteiger partial charge in [0.05, 0.1) is 10.0 Å². The van der Waals surface area contributed by atoms with Crippen molar-refractivity contribution < 1.29 is 14.3 Å². The molecule has 1 atom stereocenters. The third-order valence-electron chi connectivity index (χ3n) is 6.79. The van der Waals surface area contributed by atoms with Crippen LogP contribution in [0.15, 0.2) is 30.3 Å². The maximum atomic E-state index is 13.5. The number of carbonyl (C=O) groups is 2. The Kier molecular flexibility index (Phi) is 9.88. The summed E-state index contributed by atoms with van der Waals surface area (Å²) in [5.74, 6) is 0.320. The van der Waals surface area contributed by atoms with Gasteiger partial charge in [-0.25, -0.2) is 0 Å². The van der Waals surface area contributed by atoms with E-state index in [2.05, 4.69) is 11.4 Å². The van der Waals surface area contributed by atoms with E-state index in [-0.39, 0.29) is 31.0 Å². The molecular weight excluding hydrogens is 483 g/mol. The monoisotopic (exact) mass is 518 g/mol. The van der Waals surface area contributed by atoms with Gasteiger partial charge in [0, 0.05) is 12.6 Å². The molecule has 2 aromatic rings. The quantitative estimate of drug-likeness (QED) is 0.409. The van der Waals surface area contributed by atoms with E-state index >= 15 is 0 Å². The van der Waals surface area contributed by atoms with Gasteiger partial charge in [-0.3, -0.25) is 9.59 Å². The second-order valence-corrected chi connectivity index (χ2v) is 10.3. The third-order valence-corrected chi connectivity index (χ3v) is 7.53. The summed E-state index contributed by atoms with van der Waals surface area (Å²) in [4.78, 5) is 28.4.